The molecule has 1 heterocycles. The lowest BCUT2D eigenvalue weighted by Crippen LogP contribution is -2.35. The fourth-order valence-corrected chi connectivity index (χ4v) is 5.30. The van der Waals surface area contributed by atoms with Crippen molar-refractivity contribution in [3.05, 3.63) is 57.6 Å². The fraction of sp³-hybridized carbons (Fsp3) is 0.300. The average molecular weight is 470 g/mol. The van der Waals surface area contributed by atoms with Gasteiger partial charge in [0.2, 0.25) is 15.9 Å². The first-order valence-electron chi connectivity index (χ1n) is 9.10. The number of amides is 2. The SMILES string of the molecule is C[C@@H]1Cc2cc(C(=O)N(C)CC(=O)Nc3c(Cl)cccc3Cl)ccc2N1S(C)(=O)=O. The van der Waals surface area contributed by atoms with Gasteiger partial charge in [-0.1, -0.05) is 29.3 Å². The van der Waals surface area contributed by atoms with E-state index in [1.165, 1.54) is 16.3 Å². The van der Waals surface area contributed by atoms with E-state index < -0.39 is 15.9 Å². The minimum absolute atomic E-state index is 0.205. The van der Waals surface area contributed by atoms with Crippen LogP contribution in [0.15, 0.2) is 36.4 Å². The Balaban J connectivity index is 1.73. The molecule has 0 radical (unpaired) electrons. The molecule has 10 heteroatoms. The third-order valence-corrected chi connectivity index (χ3v) is 6.69. The summed E-state index contributed by atoms with van der Waals surface area (Å²) in [4.78, 5) is 26.4. The van der Waals surface area contributed by atoms with Gasteiger partial charge in [0.1, 0.15) is 0 Å². The van der Waals surface area contributed by atoms with Crippen molar-refractivity contribution in [1.82, 2.24) is 4.90 Å². The van der Waals surface area contributed by atoms with Crippen LogP contribution in [-0.2, 0) is 21.2 Å². The van der Waals surface area contributed by atoms with Gasteiger partial charge in [-0.05, 0) is 49.2 Å². The molecule has 160 valence electrons. The summed E-state index contributed by atoms with van der Waals surface area (Å²) in [6, 6.07) is 9.52. The number of sulfonamides is 1. The summed E-state index contributed by atoms with van der Waals surface area (Å²) in [5, 5.41) is 3.21. The number of nitrogens with one attached hydrogen (secondary N) is 1. The normalized spacial score (nSPS) is 15.6. The number of likely N-dealkylation sites (N-methyl/N-ethyl adjacent to an activating group) is 1. The second kappa shape index (κ2) is 8.45. The van der Waals surface area contributed by atoms with Crippen molar-refractivity contribution in [2.24, 2.45) is 0 Å². The van der Waals surface area contributed by atoms with Gasteiger partial charge in [-0.3, -0.25) is 13.9 Å². The van der Waals surface area contributed by atoms with Crippen molar-refractivity contribution >= 4 is 56.4 Å². The van der Waals surface area contributed by atoms with Gasteiger partial charge in [-0.25, -0.2) is 8.42 Å². The highest BCUT2D eigenvalue weighted by Crippen LogP contribution is 2.35. The van der Waals surface area contributed by atoms with Crippen LogP contribution in [0.3, 0.4) is 0 Å². The topological polar surface area (TPSA) is 86.8 Å². The van der Waals surface area contributed by atoms with Gasteiger partial charge in [-0.15, -0.1) is 0 Å². The molecule has 0 fully saturated rings. The Morgan fingerprint density at radius 3 is 2.43 bits per heavy atom. The summed E-state index contributed by atoms with van der Waals surface area (Å²) >= 11 is 12.1. The maximum absolute atomic E-state index is 12.8. The van der Waals surface area contributed by atoms with Crippen LogP contribution in [0.5, 0.6) is 0 Å². The zero-order valence-electron chi connectivity index (χ0n) is 16.6. The number of fused-ring (bicyclic) bond motifs is 1. The van der Waals surface area contributed by atoms with E-state index in [2.05, 4.69) is 5.32 Å². The lowest BCUT2D eigenvalue weighted by molar-refractivity contribution is -0.116. The summed E-state index contributed by atoms with van der Waals surface area (Å²) in [6.07, 6.45) is 1.67. The summed E-state index contributed by atoms with van der Waals surface area (Å²) < 4.78 is 25.4. The highest BCUT2D eigenvalue weighted by atomic mass is 35.5. The number of halogens is 2. The lowest BCUT2D eigenvalue weighted by atomic mass is 10.1. The van der Waals surface area contributed by atoms with E-state index >= 15 is 0 Å². The molecule has 1 N–H and O–H groups in total. The van der Waals surface area contributed by atoms with Gasteiger partial charge in [-0.2, -0.15) is 0 Å². The Labute approximate surface area is 185 Å². The Morgan fingerprint density at radius 1 is 1.20 bits per heavy atom. The van der Waals surface area contributed by atoms with Crippen LogP contribution in [0.4, 0.5) is 11.4 Å². The Morgan fingerprint density at radius 2 is 1.83 bits per heavy atom. The summed E-state index contributed by atoms with van der Waals surface area (Å²) in [6.45, 7) is 1.61. The molecule has 30 heavy (non-hydrogen) atoms. The molecule has 0 unspecified atom stereocenters. The molecule has 2 aromatic rings. The Hall–Kier alpha value is -2.29. The van der Waals surface area contributed by atoms with Gasteiger partial charge >= 0.3 is 0 Å². The number of carbonyl (C=O) groups is 2. The molecule has 3 rings (SSSR count). The number of anilines is 2. The zero-order chi connectivity index (χ0) is 22.2. The first-order valence-corrected chi connectivity index (χ1v) is 11.7. The summed E-state index contributed by atoms with van der Waals surface area (Å²) in [5.74, 6) is -0.803. The second-order valence-electron chi connectivity index (χ2n) is 7.26. The Bertz CT molecular complexity index is 1100. The van der Waals surface area contributed by atoms with E-state index in [4.69, 9.17) is 23.2 Å². The van der Waals surface area contributed by atoms with Crippen LogP contribution in [0.25, 0.3) is 0 Å². The third kappa shape index (κ3) is 4.55. The highest BCUT2D eigenvalue weighted by molar-refractivity contribution is 7.92. The largest absolute Gasteiger partial charge is 0.332 e. The Kier molecular flexibility index (Phi) is 6.31. The molecule has 7 nitrogen and oxygen atoms in total. The van der Waals surface area contributed by atoms with Gasteiger partial charge in [0.15, 0.2) is 0 Å². The monoisotopic (exact) mass is 469 g/mol. The van der Waals surface area contributed by atoms with E-state index in [9.17, 15) is 18.0 Å². The minimum atomic E-state index is -3.40. The minimum Gasteiger partial charge on any atom is -0.332 e. The maximum Gasteiger partial charge on any atom is 0.254 e. The number of rotatable bonds is 5. The molecule has 2 aromatic carbocycles. The molecular weight excluding hydrogens is 449 g/mol. The molecule has 0 saturated heterocycles. The molecule has 2 amide bonds. The predicted molar refractivity (Wildman–Crippen MR) is 119 cm³/mol. The molecule has 0 bridgehead atoms. The lowest BCUT2D eigenvalue weighted by Gasteiger charge is -2.22. The third-order valence-electron chi connectivity index (χ3n) is 4.79. The van der Waals surface area contributed by atoms with Crippen LogP contribution in [-0.4, -0.2) is 51.0 Å². The van der Waals surface area contributed by atoms with Crippen LogP contribution in [0.1, 0.15) is 22.8 Å². The number of hydrogen-bond donors (Lipinski definition) is 1. The van der Waals surface area contributed by atoms with Gasteiger partial charge in [0.25, 0.3) is 5.91 Å². The summed E-state index contributed by atoms with van der Waals surface area (Å²) in [5.41, 5.74) is 2.02. The van der Waals surface area contributed by atoms with E-state index in [1.54, 1.807) is 36.4 Å². The van der Waals surface area contributed by atoms with E-state index in [-0.39, 0.29) is 18.5 Å². The molecule has 0 aliphatic carbocycles. The first kappa shape index (κ1) is 22.4. The number of nitrogens with zero attached hydrogens (tertiary/aromatic N) is 2. The van der Waals surface area contributed by atoms with Crippen LogP contribution in [0, 0.1) is 0 Å². The molecule has 0 saturated carbocycles. The molecule has 1 aliphatic heterocycles. The van der Waals surface area contributed by atoms with E-state index in [1.807, 2.05) is 6.92 Å². The number of benzene rings is 2. The van der Waals surface area contributed by atoms with Gasteiger partial charge < -0.3 is 10.2 Å². The van der Waals surface area contributed by atoms with E-state index in [0.29, 0.717) is 33.4 Å². The van der Waals surface area contributed by atoms with Crippen molar-refractivity contribution < 1.29 is 18.0 Å². The average Bonchev–Trinajstić information content (AvgIpc) is 2.99. The molecule has 0 aromatic heterocycles. The highest BCUT2D eigenvalue weighted by Gasteiger charge is 2.33. The fourth-order valence-electron chi connectivity index (χ4n) is 3.54. The molecule has 0 spiro atoms. The quantitative estimate of drug-likeness (QED) is 0.726. The molecule has 1 aliphatic rings. The molecular formula is C20H21Cl2N3O4S. The van der Waals surface area contributed by atoms with Crippen LogP contribution >= 0.6 is 23.2 Å². The standard InChI is InChI=1S/C20H21Cl2N3O4S/c1-12-9-14-10-13(7-8-17(14)25(12)30(3,28)29)20(27)24(2)11-18(26)23-19-15(21)5-4-6-16(19)22/h4-8,10,12H,9,11H2,1-3H3,(H,23,26)/t12-/m1/s1. The second-order valence-corrected chi connectivity index (χ2v) is 9.94. The van der Waals surface area contributed by atoms with Gasteiger partial charge in [0.05, 0.1) is 34.2 Å². The van der Waals surface area contributed by atoms with Gasteiger partial charge in [0, 0.05) is 18.7 Å². The first-order chi connectivity index (χ1) is 14.0. The van der Waals surface area contributed by atoms with E-state index in [0.717, 1.165) is 11.8 Å². The smallest absolute Gasteiger partial charge is 0.254 e. The van der Waals surface area contributed by atoms with Crippen LogP contribution in [0.2, 0.25) is 10.0 Å². The zero-order valence-corrected chi connectivity index (χ0v) is 19.0. The van der Waals surface area contributed by atoms with Crippen molar-refractivity contribution in [2.45, 2.75) is 19.4 Å². The van der Waals surface area contributed by atoms with Crippen molar-refractivity contribution in [3.8, 4) is 0 Å². The number of hydrogen-bond acceptors (Lipinski definition) is 4. The maximum atomic E-state index is 12.8. The number of para-hydroxylation sites is 1. The van der Waals surface area contributed by atoms with Crippen molar-refractivity contribution in [1.29, 1.82) is 0 Å². The van der Waals surface area contributed by atoms with Crippen molar-refractivity contribution in [3.63, 3.8) is 0 Å². The van der Waals surface area contributed by atoms with Crippen LogP contribution < -0.4 is 9.62 Å². The summed E-state index contributed by atoms with van der Waals surface area (Å²) in [7, 11) is -1.90. The van der Waals surface area contributed by atoms with Crippen molar-refractivity contribution in [2.75, 3.05) is 29.5 Å². The number of carbonyl (C=O) groups excluding carboxylic acids is 2. The predicted octanol–water partition coefficient (Wildman–Crippen LogP) is 3.41. The molecule has 1 atom stereocenters.